The number of benzene rings is 1. The third-order valence-corrected chi connectivity index (χ3v) is 5.89. The summed E-state index contributed by atoms with van der Waals surface area (Å²) in [5.74, 6) is 0.237. The van der Waals surface area contributed by atoms with Gasteiger partial charge in [0.1, 0.15) is 5.60 Å². The van der Waals surface area contributed by atoms with Gasteiger partial charge in [-0.05, 0) is 39.0 Å². The molecule has 142 valence electrons. The lowest BCUT2D eigenvalue weighted by Crippen LogP contribution is -2.51. The van der Waals surface area contributed by atoms with Gasteiger partial charge in [-0.3, -0.25) is 0 Å². The second-order valence-electron chi connectivity index (χ2n) is 7.17. The first-order chi connectivity index (χ1) is 12.1. The lowest BCUT2D eigenvalue weighted by atomic mass is 10.2. The molecule has 1 aromatic heterocycles. The van der Waals surface area contributed by atoms with Gasteiger partial charge in [0.05, 0.1) is 15.9 Å². The van der Waals surface area contributed by atoms with E-state index in [1.54, 1.807) is 26.8 Å². The van der Waals surface area contributed by atoms with Crippen LogP contribution in [0.5, 0.6) is 0 Å². The maximum Gasteiger partial charge on any atom is 0.410 e. The molecule has 0 spiro atoms. The second-order valence-corrected chi connectivity index (χ2v) is 9.11. The quantitative estimate of drug-likeness (QED) is 0.811. The molecule has 2 heterocycles. The summed E-state index contributed by atoms with van der Waals surface area (Å²) in [7, 11) is -3.66. The van der Waals surface area contributed by atoms with Crippen LogP contribution in [0.25, 0.3) is 11.0 Å². The molecule has 2 aromatic rings. The van der Waals surface area contributed by atoms with Crippen molar-refractivity contribution in [2.24, 2.45) is 0 Å². The molecule has 0 aliphatic carbocycles. The summed E-state index contributed by atoms with van der Waals surface area (Å²) in [5, 5.41) is 0. The number of ether oxygens (including phenoxy) is 1. The Balaban J connectivity index is 1.72. The first-order valence-electron chi connectivity index (χ1n) is 8.29. The Labute approximate surface area is 152 Å². The summed E-state index contributed by atoms with van der Waals surface area (Å²) in [6, 6.07) is 4.65. The zero-order valence-electron chi connectivity index (χ0n) is 15.0. The summed E-state index contributed by atoms with van der Waals surface area (Å²) in [4.78, 5) is 20.7. The van der Waals surface area contributed by atoms with Crippen LogP contribution in [-0.4, -0.2) is 65.5 Å². The molecule has 1 aromatic carbocycles. The SMILES string of the molecule is CC(C)(C)OC(=O)N1CCN(S(=O)(=O)c2ccc3nc(N)[nH]c3c2)CC1. The molecule has 10 heteroatoms. The van der Waals surface area contributed by atoms with Crippen molar-refractivity contribution >= 4 is 33.1 Å². The van der Waals surface area contributed by atoms with Crippen LogP contribution in [-0.2, 0) is 14.8 Å². The number of rotatable bonds is 2. The van der Waals surface area contributed by atoms with Gasteiger partial charge >= 0.3 is 6.09 Å². The van der Waals surface area contributed by atoms with Crippen molar-refractivity contribution in [2.45, 2.75) is 31.3 Å². The fraction of sp³-hybridized carbons (Fsp3) is 0.500. The van der Waals surface area contributed by atoms with E-state index in [1.165, 1.54) is 21.3 Å². The summed E-state index contributed by atoms with van der Waals surface area (Å²) < 4.78 is 32.4. The summed E-state index contributed by atoms with van der Waals surface area (Å²) >= 11 is 0. The van der Waals surface area contributed by atoms with E-state index in [4.69, 9.17) is 10.5 Å². The van der Waals surface area contributed by atoms with Gasteiger partial charge in [0.2, 0.25) is 10.0 Å². The number of aromatic amines is 1. The lowest BCUT2D eigenvalue weighted by molar-refractivity contribution is 0.0192. The van der Waals surface area contributed by atoms with Crippen molar-refractivity contribution in [3.63, 3.8) is 0 Å². The van der Waals surface area contributed by atoms with E-state index in [1.807, 2.05) is 0 Å². The van der Waals surface area contributed by atoms with Crippen LogP contribution in [0.1, 0.15) is 20.8 Å². The molecule has 1 saturated heterocycles. The van der Waals surface area contributed by atoms with Crippen molar-refractivity contribution in [3.8, 4) is 0 Å². The topological polar surface area (TPSA) is 122 Å². The fourth-order valence-corrected chi connectivity index (χ4v) is 4.20. The molecule has 0 radical (unpaired) electrons. The smallest absolute Gasteiger partial charge is 0.410 e. The van der Waals surface area contributed by atoms with E-state index in [0.717, 1.165) is 0 Å². The van der Waals surface area contributed by atoms with E-state index < -0.39 is 21.7 Å². The highest BCUT2D eigenvalue weighted by Crippen LogP contribution is 2.22. The Morgan fingerprint density at radius 1 is 1.23 bits per heavy atom. The number of nitrogens with zero attached hydrogens (tertiary/aromatic N) is 3. The normalized spacial score (nSPS) is 16.8. The number of H-pyrrole nitrogens is 1. The van der Waals surface area contributed by atoms with Gasteiger partial charge in [0, 0.05) is 26.2 Å². The van der Waals surface area contributed by atoms with Gasteiger partial charge in [-0.1, -0.05) is 0 Å². The lowest BCUT2D eigenvalue weighted by Gasteiger charge is -2.34. The molecule has 0 atom stereocenters. The monoisotopic (exact) mass is 381 g/mol. The molecule has 1 aliphatic heterocycles. The van der Waals surface area contributed by atoms with Crippen molar-refractivity contribution in [3.05, 3.63) is 18.2 Å². The van der Waals surface area contributed by atoms with Gasteiger partial charge in [-0.2, -0.15) is 4.31 Å². The Kier molecular flexibility index (Phi) is 4.57. The van der Waals surface area contributed by atoms with Gasteiger partial charge in [-0.25, -0.2) is 18.2 Å². The third kappa shape index (κ3) is 3.75. The average molecular weight is 381 g/mol. The third-order valence-electron chi connectivity index (χ3n) is 4.00. The number of piperazine rings is 1. The van der Waals surface area contributed by atoms with E-state index in [9.17, 15) is 13.2 Å². The minimum absolute atomic E-state index is 0.166. The second kappa shape index (κ2) is 6.44. The Bertz CT molecular complexity index is 924. The van der Waals surface area contributed by atoms with E-state index in [-0.39, 0.29) is 37.0 Å². The minimum Gasteiger partial charge on any atom is -0.444 e. The van der Waals surface area contributed by atoms with Crippen molar-refractivity contribution in [1.29, 1.82) is 0 Å². The fourth-order valence-electron chi connectivity index (χ4n) is 2.76. The molecule has 9 nitrogen and oxygen atoms in total. The van der Waals surface area contributed by atoms with Crippen LogP contribution in [0.4, 0.5) is 10.7 Å². The number of fused-ring (bicyclic) bond motifs is 1. The molecule has 3 N–H and O–H groups in total. The number of imidazole rings is 1. The molecular weight excluding hydrogens is 358 g/mol. The molecule has 0 unspecified atom stereocenters. The Hall–Kier alpha value is -2.33. The molecule has 1 aliphatic rings. The molecule has 1 fully saturated rings. The predicted molar refractivity (Wildman–Crippen MR) is 97.1 cm³/mol. The minimum atomic E-state index is -3.66. The van der Waals surface area contributed by atoms with Crippen molar-refractivity contribution in [1.82, 2.24) is 19.2 Å². The highest BCUT2D eigenvalue weighted by atomic mass is 32.2. The van der Waals surface area contributed by atoms with Crippen LogP contribution in [0.15, 0.2) is 23.1 Å². The molecular formula is C16H23N5O4S. The van der Waals surface area contributed by atoms with Crippen LogP contribution in [0.3, 0.4) is 0 Å². The number of amides is 1. The zero-order valence-corrected chi connectivity index (χ0v) is 15.8. The van der Waals surface area contributed by atoms with Crippen LogP contribution in [0.2, 0.25) is 0 Å². The maximum absolute atomic E-state index is 12.9. The summed E-state index contributed by atoms with van der Waals surface area (Å²) in [6.45, 7) is 6.38. The number of hydrogen-bond donors (Lipinski definition) is 2. The van der Waals surface area contributed by atoms with Gasteiger partial charge in [0.25, 0.3) is 0 Å². The van der Waals surface area contributed by atoms with Gasteiger partial charge in [0.15, 0.2) is 5.95 Å². The largest absolute Gasteiger partial charge is 0.444 e. The first kappa shape index (κ1) is 18.5. The zero-order chi connectivity index (χ0) is 19.1. The van der Waals surface area contributed by atoms with Crippen LogP contribution < -0.4 is 5.73 Å². The number of aromatic nitrogens is 2. The van der Waals surface area contributed by atoms with Crippen LogP contribution in [0, 0.1) is 0 Å². The van der Waals surface area contributed by atoms with E-state index in [0.29, 0.717) is 11.0 Å². The molecule has 0 saturated carbocycles. The number of carbonyl (C=O) groups excluding carboxylic acids is 1. The highest BCUT2D eigenvalue weighted by Gasteiger charge is 2.32. The summed E-state index contributed by atoms with van der Waals surface area (Å²) in [6.07, 6.45) is -0.427. The Morgan fingerprint density at radius 2 is 1.88 bits per heavy atom. The molecule has 1 amide bonds. The molecule has 0 bridgehead atoms. The maximum atomic E-state index is 12.9. The standard InChI is InChI=1S/C16H23N5O4S/c1-16(2,3)25-15(22)20-6-8-21(9-7-20)26(23,24)11-4-5-12-13(10-11)19-14(17)18-12/h4-5,10H,6-9H2,1-3H3,(H3,17,18,19). The Morgan fingerprint density at radius 3 is 2.50 bits per heavy atom. The number of anilines is 1. The van der Waals surface area contributed by atoms with Gasteiger partial charge in [-0.15, -0.1) is 0 Å². The molecule has 26 heavy (non-hydrogen) atoms. The van der Waals surface area contributed by atoms with Crippen molar-refractivity contribution < 1.29 is 17.9 Å². The number of carbonyl (C=O) groups is 1. The highest BCUT2D eigenvalue weighted by molar-refractivity contribution is 7.89. The molecule has 3 rings (SSSR count). The summed E-state index contributed by atoms with van der Waals surface area (Å²) in [5.41, 5.74) is 6.20. The number of nitrogen functional groups attached to an aromatic ring is 1. The number of nitrogens with two attached hydrogens (primary N) is 1. The van der Waals surface area contributed by atoms with Crippen LogP contribution >= 0.6 is 0 Å². The van der Waals surface area contributed by atoms with Crippen molar-refractivity contribution in [2.75, 3.05) is 31.9 Å². The van der Waals surface area contributed by atoms with E-state index in [2.05, 4.69) is 9.97 Å². The average Bonchev–Trinajstić information content (AvgIpc) is 2.92. The number of nitrogens with one attached hydrogen (secondary N) is 1. The van der Waals surface area contributed by atoms with E-state index >= 15 is 0 Å². The van der Waals surface area contributed by atoms with Gasteiger partial charge < -0.3 is 20.4 Å². The first-order valence-corrected chi connectivity index (χ1v) is 9.73. The predicted octanol–water partition coefficient (Wildman–Crippen LogP) is 1.39. The number of sulfonamides is 1. The number of hydrogen-bond acceptors (Lipinski definition) is 6.